The van der Waals surface area contributed by atoms with Crippen molar-refractivity contribution in [1.82, 2.24) is 0 Å². The van der Waals surface area contributed by atoms with Crippen molar-refractivity contribution >= 4 is 21.7 Å². The number of ketones is 1. The summed E-state index contributed by atoms with van der Waals surface area (Å²) in [4.78, 5) is 22.0. The maximum Gasteiger partial charge on any atom is 0.273 e. The zero-order valence-corrected chi connectivity index (χ0v) is 12.8. The Morgan fingerprint density at radius 2 is 1.57 bits per heavy atom. The van der Waals surface area contributed by atoms with Crippen molar-refractivity contribution in [2.45, 2.75) is 17.3 Å². The van der Waals surface area contributed by atoms with Crippen LogP contribution in [0.4, 0.5) is 0 Å². The van der Waals surface area contributed by atoms with Crippen LogP contribution in [0.5, 0.6) is 0 Å². The van der Waals surface area contributed by atoms with Crippen molar-refractivity contribution < 1.29 is 9.72 Å². The maximum absolute atomic E-state index is 12.3. The van der Waals surface area contributed by atoms with Crippen molar-refractivity contribution in [2.24, 2.45) is 0 Å². The Hall–Kier alpha value is -2.01. The number of carbonyl (C=O) groups excluding carboxylic acids is 1. The van der Waals surface area contributed by atoms with Gasteiger partial charge < -0.3 is 0 Å². The van der Waals surface area contributed by atoms with Crippen LogP contribution in [0.1, 0.15) is 28.3 Å². The highest BCUT2D eigenvalue weighted by molar-refractivity contribution is 9.09. The fourth-order valence-corrected chi connectivity index (χ4v) is 2.65. The summed E-state index contributed by atoms with van der Waals surface area (Å²) in [5.41, 5.74) is 1.35. The molecule has 0 bridgehead atoms. The minimum atomic E-state index is -0.993. The van der Waals surface area contributed by atoms with E-state index in [1.807, 2.05) is 24.3 Å². The second-order valence-corrected chi connectivity index (χ2v) is 5.61. The first-order valence-electron chi connectivity index (χ1n) is 6.50. The van der Waals surface area contributed by atoms with Gasteiger partial charge >= 0.3 is 0 Å². The SMILES string of the molecule is O=C(CC(c1ccccc1)C(Br)[N+](=O)[O-])c1ccccc1. The zero-order valence-electron chi connectivity index (χ0n) is 11.2. The molecule has 0 aliphatic heterocycles. The van der Waals surface area contributed by atoms with Gasteiger partial charge in [-0.2, -0.15) is 0 Å². The summed E-state index contributed by atoms with van der Waals surface area (Å²) in [6.45, 7) is 0. The van der Waals surface area contributed by atoms with E-state index in [4.69, 9.17) is 0 Å². The molecule has 2 rings (SSSR count). The highest BCUT2D eigenvalue weighted by Gasteiger charge is 2.32. The van der Waals surface area contributed by atoms with Gasteiger partial charge in [-0.3, -0.25) is 14.9 Å². The summed E-state index contributed by atoms with van der Waals surface area (Å²) in [6.07, 6.45) is 0.0882. The molecule has 0 aliphatic rings. The number of rotatable bonds is 6. The molecule has 0 amide bonds. The third-order valence-electron chi connectivity index (χ3n) is 3.26. The van der Waals surface area contributed by atoms with E-state index in [0.717, 1.165) is 5.56 Å². The summed E-state index contributed by atoms with van der Waals surface area (Å²) in [7, 11) is 0. The molecule has 2 atom stereocenters. The van der Waals surface area contributed by atoms with E-state index >= 15 is 0 Å². The van der Waals surface area contributed by atoms with Gasteiger partial charge in [-0.1, -0.05) is 60.7 Å². The molecule has 5 heteroatoms. The van der Waals surface area contributed by atoms with Gasteiger partial charge in [0.25, 0.3) is 4.95 Å². The van der Waals surface area contributed by atoms with Crippen LogP contribution in [0.3, 0.4) is 0 Å². The molecule has 0 N–H and O–H groups in total. The lowest BCUT2D eigenvalue weighted by Gasteiger charge is -2.16. The van der Waals surface area contributed by atoms with Crippen molar-refractivity contribution in [3.05, 3.63) is 81.9 Å². The highest BCUT2D eigenvalue weighted by Crippen LogP contribution is 2.30. The number of Topliss-reactive ketones (excluding diaryl/α,β-unsaturated/α-hetero) is 1. The number of nitrogens with zero attached hydrogens (tertiary/aromatic N) is 1. The fourth-order valence-electron chi connectivity index (χ4n) is 2.16. The number of benzene rings is 2. The Labute approximate surface area is 131 Å². The van der Waals surface area contributed by atoms with Crippen LogP contribution in [-0.4, -0.2) is 15.7 Å². The molecule has 0 saturated heterocycles. The van der Waals surface area contributed by atoms with Gasteiger partial charge in [0.2, 0.25) is 0 Å². The number of halogens is 1. The van der Waals surface area contributed by atoms with E-state index in [1.54, 1.807) is 36.4 Å². The molecule has 0 spiro atoms. The quantitative estimate of drug-likeness (QED) is 0.260. The average Bonchev–Trinajstić information content (AvgIpc) is 2.53. The molecule has 2 unspecified atom stereocenters. The van der Waals surface area contributed by atoms with Gasteiger partial charge in [-0.05, 0) is 21.5 Å². The lowest BCUT2D eigenvalue weighted by molar-refractivity contribution is -0.496. The lowest BCUT2D eigenvalue weighted by atomic mass is 9.91. The molecule has 0 heterocycles. The predicted molar refractivity (Wildman–Crippen MR) is 84.3 cm³/mol. The van der Waals surface area contributed by atoms with Gasteiger partial charge in [-0.25, -0.2) is 0 Å². The number of hydrogen-bond donors (Lipinski definition) is 0. The van der Waals surface area contributed by atoms with E-state index < -0.39 is 15.8 Å². The summed E-state index contributed by atoms with van der Waals surface area (Å²) < 4.78 is 0. The van der Waals surface area contributed by atoms with Crippen LogP contribution < -0.4 is 0 Å². The first kappa shape index (κ1) is 15.4. The van der Waals surface area contributed by atoms with Crippen molar-refractivity contribution in [2.75, 3.05) is 0 Å². The largest absolute Gasteiger partial charge is 0.294 e. The fraction of sp³-hybridized carbons (Fsp3) is 0.188. The van der Waals surface area contributed by atoms with Gasteiger partial charge in [0.05, 0.1) is 5.92 Å². The van der Waals surface area contributed by atoms with Gasteiger partial charge in [0.1, 0.15) is 0 Å². The molecular weight excluding hydrogens is 334 g/mol. The Kier molecular flexibility index (Phi) is 5.22. The standard InChI is InChI=1S/C16H14BrNO3/c17-16(18(20)21)14(12-7-3-1-4-8-12)11-15(19)13-9-5-2-6-10-13/h1-10,14,16H,11H2. The molecule has 2 aromatic rings. The molecule has 2 aromatic carbocycles. The van der Waals surface area contributed by atoms with E-state index in [-0.39, 0.29) is 12.2 Å². The summed E-state index contributed by atoms with van der Waals surface area (Å²) in [6, 6.07) is 17.9. The molecule has 0 radical (unpaired) electrons. The van der Waals surface area contributed by atoms with Gasteiger partial charge in [0.15, 0.2) is 5.78 Å². The van der Waals surface area contributed by atoms with Crippen LogP contribution in [0.15, 0.2) is 60.7 Å². The third-order valence-corrected chi connectivity index (χ3v) is 4.23. The predicted octanol–water partition coefficient (Wildman–Crippen LogP) is 4.04. The normalized spacial score (nSPS) is 13.4. The van der Waals surface area contributed by atoms with E-state index in [2.05, 4.69) is 15.9 Å². The minimum Gasteiger partial charge on any atom is -0.294 e. The highest BCUT2D eigenvalue weighted by atomic mass is 79.9. The van der Waals surface area contributed by atoms with Crippen molar-refractivity contribution in [3.63, 3.8) is 0 Å². The lowest BCUT2D eigenvalue weighted by Crippen LogP contribution is -2.23. The number of carbonyl (C=O) groups is 1. The molecule has 4 nitrogen and oxygen atoms in total. The molecule has 0 fully saturated rings. The zero-order chi connectivity index (χ0) is 15.2. The molecule has 0 aromatic heterocycles. The Bertz CT molecular complexity index is 616. The summed E-state index contributed by atoms with van der Waals surface area (Å²) >= 11 is 3.10. The van der Waals surface area contributed by atoms with E-state index in [0.29, 0.717) is 5.56 Å². The second-order valence-electron chi connectivity index (χ2n) is 4.67. The van der Waals surface area contributed by atoms with E-state index in [1.165, 1.54) is 0 Å². The molecule has 108 valence electrons. The second kappa shape index (κ2) is 7.13. The maximum atomic E-state index is 12.3. The van der Waals surface area contributed by atoms with Crippen LogP contribution in [-0.2, 0) is 0 Å². The van der Waals surface area contributed by atoms with Crippen LogP contribution in [0.2, 0.25) is 0 Å². The average molecular weight is 348 g/mol. The molecular formula is C16H14BrNO3. The molecule has 0 aliphatic carbocycles. The first-order valence-corrected chi connectivity index (χ1v) is 7.42. The topological polar surface area (TPSA) is 60.2 Å². The summed E-state index contributed by atoms with van der Waals surface area (Å²) in [5.74, 6) is -0.607. The van der Waals surface area contributed by atoms with Crippen molar-refractivity contribution in [3.8, 4) is 0 Å². The van der Waals surface area contributed by atoms with Crippen molar-refractivity contribution in [1.29, 1.82) is 0 Å². The smallest absolute Gasteiger partial charge is 0.273 e. The Morgan fingerprint density at radius 3 is 2.10 bits per heavy atom. The Balaban J connectivity index is 2.25. The van der Waals surface area contributed by atoms with Crippen LogP contribution >= 0.6 is 15.9 Å². The van der Waals surface area contributed by atoms with Gasteiger partial charge in [0, 0.05) is 16.9 Å². The number of hydrogen-bond acceptors (Lipinski definition) is 3. The van der Waals surface area contributed by atoms with E-state index in [9.17, 15) is 14.9 Å². The van der Waals surface area contributed by atoms with Crippen LogP contribution in [0, 0.1) is 10.1 Å². The Morgan fingerprint density at radius 1 is 1.05 bits per heavy atom. The third kappa shape index (κ3) is 3.98. The molecule has 0 saturated carbocycles. The number of alkyl halides is 1. The number of nitro groups is 1. The van der Waals surface area contributed by atoms with Crippen LogP contribution in [0.25, 0.3) is 0 Å². The molecule has 21 heavy (non-hydrogen) atoms. The first-order chi connectivity index (χ1) is 10.1. The monoisotopic (exact) mass is 347 g/mol. The van der Waals surface area contributed by atoms with Gasteiger partial charge in [-0.15, -0.1) is 0 Å². The summed E-state index contributed by atoms with van der Waals surface area (Å²) in [5, 5.41) is 11.1. The minimum absolute atomic E-state index is 0.0882.